The quantitative estimate of drug-likeness (QED) is 0.256. The molecule has 4 aromatic heterocycles. The largest absolute Gasteiger partial charge is 0.476 e. The zero-order valence-electron chi connectivity index (χ0n) is 18.4. The summed E-state index contributed by atoms with van der Waals surface area (Å²) in [4.78, 5) is 68.7. The molecule has 0 saturated carbocycles. The monoisotopic (exact) mass is 586 g/mol. The molecule has 4 N–H and O–H groups in total. The first-order chi connectivity index (χ1) is 17.2. The SMILES string of the molecule is O=C(O)c1cnccn1.O=C(O)c1cnccn1.O=C(O)c1cnccn1.O=C(O)c1cnccn1.[Zr]. The zero-order valence-corrected chi connectivity index (χ0v) is 20.9. The van der Waals surface area contributed by atoms with Gasteiger partial charge in [0.15, 0.2) is 22.8 Å². The van der Waals surface area contributed by atoms with Gasteiger partial charge in [-0.25, -0.2) is 39.1 Å². The van der Waals surface area contributed by atoms with Gasteiger partial charge in [-0.05, 0) is 0 Å². The van der Waals surface area contributed by atoms with Gasteiger partial charge in [0.2, 0.25) is 0 Å². The van der Waals surface area contributed by atoms with Crippen molar-refractivity contribution in [3.8, 4) is 0 Å². The molecule has 0 amide bonds. The van der Waals surface area contributed by atoms with E-state index in [0.717, 1.165) is 0 Å². The molecule has 188 valence electrons. The smallest absolute Gasteiger partial charge is 0.356 e. The second-order valence-electron chi connectivity index (χ2n) is 5.58. The molecule has 0 aliphatic heterocycles. The first kappa shape index (κ1) is 32.1. The van der Waals surface area contributed by atoms with Gasteiger partial charge in [-0.2, -0.15) is 0 Å². The van der Waals surface area contributed by atoms with E-state index >= 15 is 0 Å². The number of nitrogens with zero attached hydrogens (tertiary/aromatic N) is 8. The molecule has 0 aromatic carbocycles. The molecule has 17 heteroatoms. The second-order valence-corrected chi connectivity index (χ2v) is 5.58. The van der Waals surface area contributed by atoms with E-state index in [1.165, 1.54) is 74.4 Å². The van der Waals surface area contributed by atoms with Crippen molar-refractivity contribution in [3.63, 3.8) is 0 Å². The molecule has 0 aliphatic rings. The maximum atomic E-state index is 10.1. The Kier molecular flexibility index (Phi) is 16.0. The Morgan fingerprint density at radius 1 is 0.405 bits per heavy atom. The summed E-state index contributed by atoms with van der Waals surface area (Å²) >= 11 is 0. The number of rotatable bonds is 4. The Labute approximate surface area is 226 Å². The van der Waals surface area contributed by atoms with Gasteiger partial charge >= 0.3 is 23.9 Å². The predicted molar refractivity (Wildman–Crippen MR) is 116 cm³/mol. The third kappa shape index (κ3) is 14.2. The summed E-state index contributed by atoms with van der Waals surface area (Å²) in [7, 11) is 0. The number of carbonyl (C=O) groups is 4. The normalized spacial score (nSPS) is 8.65. The second kappa shape index (κ2) is 18.4. The summed E-state index contributed by atoms with van der Waals surface area (Å²) < 4.78 is 0. The maximum absolute atomic E-state index is 10.1. The molecule has 16 nitrogen and oxygen atoms in total. The summed E-state index contributed by atoms with van der Waals surface area (Å²) in [5.41, 5.74) is -0.120. The molecule has 0 radical (unpaired) electrons. The van der Waals surface area contributed by atoms with Crippen molar-refractivity contribution < 1.29 is 65.8 Å². The van der Waals surface area contributed by atoms with Crippen LogP contribution in [-0.4, -0.2) is 84.2 Å². The maximum Gasteiger partial charge on any atom is 0.356 e. The van der Waals surface area contributed by atoms with Gasteiger partial charge in [-0.3, -0.25) is 19.9 Å². The Morgan fingerprint density at radius 2 is 0.595 bits per heavy atom. The molecule has 0 fully saturated rings. The van der Waals surface area contributed by atoms with E-state index in [2.05, 4.69) is 39.9 Å². The fourth-order valence-corrected chi connectivity index (χ4v) is 1.64. The van der Waals surface area contributed by atoms with Gasteiger partial charge in [0.1, 0.15) is 0 Å². The van der Waals surface area contributed by atoms with Crippen LogP contribution in [0.25, 0.3) is 0 Å². The topological polar surface area (TPSA) is 252 Å². The number of hydrogen-bond acceptors (Lipinski definition) is 12. The van der Waals surface area contributed by atoms with Crippen LogP contribution < -0.4 is 0 Å². The Balaban J connectivity index is 0.000000463. The fourth-order valence-electron chi connectivity index (χ4n) is 1.64. The number of carboxylic acid groups (broad SMARTS) is 4. The number of carboxylic acids is 4. The van der Waals surface area contributed by atoms with Crippen LogP contribution in [0.1, 0.15) is 42.0 Å². The molecule has 0 aliphatic carbocycles. The van der Waals surface area contributed by atoms with E-state index in [0.29, 0.717) is 0 Å². The summed E-state index contributed by atoms with van der Waals surface area (Å²) in [5, 5.41) is 33.1. The van der Waals surface area contributed by atoms with Crippen LogP contribution in [0.3, 0.4) is 0 Å². The van der Waals surface area contributed by atoms with Gasteiger partial charge in [0.05, 0.1) is 24.8 Å². The van der Waals surface area contributed by atoms with Crippen molar-refractivity contribution in [1.29, 1.82) is 0 Å². The Morgan fingerprint density at radius 3 is 0.676 bits per heavy atom. The summed E-state index contributed by atoms with van der Waals surface area (Å²) in [5.74, 6) is -4.21. The van der Waals surface area contributed by atoms with Gasteiger partial charge < -0.3 is 20.4 Å². The first-order valence-electron chi connectivity index (χ1n) is 9.19. The van der Waals surface area contributed by atoms with Crippen molar-refractivity contribution in [2.45, 2.75) is 0 Å². The van der Waals surface area contributed by atoms with E-state index in [4.69, 9.17) is 20.4 Å². The van der Waals surface area contributed by atoms with Crippen molar-refractivity contribution in [1.82, 2.24) is 39.9 Å². The molecule has 0 bridgehead atoms. The molecule has 0 saturated heterocycles. The van der Waals surface area contributed by atoms with Gasteiger partial charge in [-0.15, -0.1) is 0 Å². The van der Waals surface area contributed by atoms with Gasteiger partial charge in [0, 0.05) is 75.8 Å². The minimum Gasteiger partial charge on any atom is -0.476 e. The number of aromatic carboxylic acids is 4. The Bertz CT molecular complexity index is 1040. The predicted octanol–water partition coefficient (Wildman–Crippen LogP) is 0.697. The van der Waals surface area contributed by atoms with Crippen LogP contribution in [0.15, 0.2) is 74.4 Å². The Hall–Kier alpha value is -4.92. The molecule has 37 heavy (non-hydrogen) atoms. The van der Waals surface area contributed by atoms with E-state index < -0.39 is 23.9 Å². The molecule has 4 aromatic rings. The minimum absolute atomic E-state index is 0. The third-order valence-corrected chi connectivity index (χ3v) is 3.13. The summed E-state index contributed by atoms with van der Waals surface area (Å²) in [6.07, 6.45) is 15.8. The molecule has 4 rings (SSSR count). The van der Waals surface area contributed by atoms with Crippen molar-refractivity contribution >= 4 is 23.9 Å². The minimum atomic E-state index is -1.05. The fraction of sp³-hybridized carbons (Fsp3) is 0. The molecule has 0 atom stereocenters. The molecule has 0 unspecified atom stereocenters. The van der Waals surface area contributed by atoms with Crippen LogP contribution in [0.4, 0.5) is 0 Å². The summed E-state index contributed by atoms with van der Waals surface area (Å²) in [6.45, 7) is 0. The van der Waals surface area contributed by atoms with E-state index in [9.17, 15) is 19.2 Å². The van der Waals surface area contributed by atoms with E-state index in [1.54, 1.807) is 0 Å². The average molecular weight is 588 g/mol. The third-order valence-electron chi connectivity index (χ3n) is 3.13. The van der Waals surface area contributed by atoms with Gasteiger partial charge in [-0.1, -0.05) is 0 Å². The average Bonchev–Trinajstić information content (AvgIpc) is 2.92. The molecular weight excluding hydrogens is 571 g/mol. The first-order valence-corrected chi connectivity index (χ1v) is 9.19. The van der Waals surface area contributed by atoms with Crippen LogP contribution in [0.2, 0.25) is 0 Å². The van der Waals surface area contributed by atoms with Crippen LogP contribution in [-0.2, 0) is 26.2 Å². The van der Waals surface area contributed by atoms with E-state index in [-0.39, 0.29) is 49.0 Å². The van der Waals surface area contributed by atoms with Crippen molar-refractivity contribution in [3.05, 3.63) is 97.1 Å². The van der Waals surface area contributed by atoms with Crippen molar-refractivity contribution in [2.75, 3.05) is 0 Å². The number of aromatic nitrogens is 8. The van der Waals surface area contributed by atoms with E-state index in [1.807, 2.05) is 0 Å². The molecule has 4 heterocycles. The van der Waals surface area contributed by atoms with Crippen LogP contribution in [0.5, 0.6) is 0 Å². The summed E-state index contributed by atoms with van der Waals surface area (Å²) in [6, 6.07) is 0. The standard InChI is InChI=1S/4C5H4N2O2.Zr/c4*8-5(9)4-3-6-1-2-7-4;/h4*1-3H,(H,8,9);. The van der Waals surface area contributed by atoms with Gasteiger partial charge in [0.25, 0.3) is 0 Å². The van der Waals surface area contributed by atoms with Crippen LogP contribution in [0, 0.1) is 0 Å². The molecule has 0 spiro atoms. The van der Waals surface area contributed by atoms with Crippen LogP contribution >= 0.6 is 0 Å². The number of hydrogen-bond donors (Lipinski definition) is 4. The zero-order chi connectivity index (χ0) is 26.8. The van der Waals surface area contributed by atoms with Crippen molar-refractivity contribution in [2.24, 2.45) is 0 Å². The molecular formula is C20H16N8O8Zr.